The van der Waals surface area contributed by atoms with Gasteiger partial charge in [-0.25, -0.2) is 0 Å². The number of thioether (sulfide) groups is 1. The Labute approximate surface area is 163 Å². The highest BCUT2D eigenvalue weighted by Gasteiger charge is 2.56. The molecule has 1 aromatic carbocycles. The zero-order valence-corrected chi connectivity index (χ0v) is 16.2. The molecule has 0 saturated carbocycles. The number of ether oxygens (including phenoxy) is 2. The molecule has 0 bridgehead atoms. The number of nitrogens with zero attached hydrogens (tertiary/aromatic N) is 1. The van der Waals surface area contributed by atoms with Crippen molar-refractivity contribution in [1.29, 1.82) is 0 Å². The second kappa shape index (κ2) is 7.68. The molecule has 0 spiro atoms. The molecule has 3 fully saturated rings. The highest BCUT2D eigenvalue weighted by Crippen LogP contribution is 2.44. The largest absolute Gasteiger partial charge is 0.389 e. The van der Waals surface area contributed by atoms with Crippen molar-refractivity contribution < 1.29 is 19.4 Å². The Morgan fingerprint density at radius 2 is 2.04 bits per heavy atom. The van der Waals surface area contributed by atoms with Crippen molar-refractivity contribution in [3.63, 3.8) is 0 Å². The van der Waals surface area contributed by atoms with Crippen molar-refractivity contribution in [2.45, 2.75) is 29.4 Å². The predicted octanol–water partition coefficient (Wildman–Crippen LogP) is 2.45. The molecule has 26 heavy (non-hydrogen) atoms. The van der Waals surface area contributed by atoms with Crippen LogP contribution < -0.4 is 0 Å². The van der Waals surface area contributed by atoms with Crippen LogP contribution in [-0.4, -0.2) is 66.3 Å². The summed E-state index contributed by atoms with van der Waals surface area (Å²) in [7, 11) is 0. The number of fused-ring (bicyclic) bond motifs is 3. The van der Waals surface area contributed by atoms with Crippen LogP contribution in [0, 0.1) is 11.8 Å². The van der Waals surface area contributed by atoms with Crippen LogP contribution in [0.4, 0.5) is 0 Å². The average Bonchev–Trinajstić information content (AvgIpc) is 2.67. The van der Waals surface area contributed by atoms with Crippen molar-refractivity contribution in [1.82, 2.24) is 4.90 Å². The molecule has 1 amide bonds. The molecule has 3 aliphatic rings. The van der Waals surface area contributed by atoms with Crippen LogP contribution in [-0.2, 0) is 14.3 Å². The van der Waals surface area contributed by atoms with Crippen LogP contribution >= 0.6 is 23.4 Å². The van der Waals surface area contributed by atoms with Crippen molar-refractivity contribution in [3.8, 4) is 0 Å². The Morgan fingerprint density at radius 3 is 2.85 bits per heavy atom. The van der Waals surface area contributed by atoms with Gasteiger partial charge in [-0.1, -0.05) is 11.6 Å². The molecular formula is C19H24ClNO4S. The van der Waals surface area contributed by atoms with Gasteiger partial charge >= 0.3 is 0 Å². The third-order valence-electron chi connectivity index (χ3n) is 5.95. The van der Waals surface area contributed by atoms with E-state index >= 15 is 0 Å². The first kappa shape index (κ1) is 18.6. The van der Waals surface area contributed by atoms with E-state index in [1.54, 1.807) is 0 Å². The van der Waals surface area contributed by atoms with Crippen molar-refractivity contribution in [2.75, 3.05) is 38.7 Å². The summed E-state index contributed by atoms with van der Waals surface area (Å²) in [4.78, 5) is 16.0. The van der Waals surface area contributed by atoms with E-state index in [2.05, 4.69) is 0 Å². The number of carbonyl (C=O) groups excluding carboxylic acids is 1. The summed E-state index contributed by atoms with van der Waals surface area (Å²) >= 11 is 7.44. The van der Waals surface area contributed by atoms with Crippen molar-refractivity contribution in [2.24, 2.45) is 11.8 Å². The summed E-state index contributed by atoms with van der Waals surface area (Å²) in [5, 5.41) is 12.0. The second-order valence-corrected chi connectivity index (χ2v) is 8.82. The fraction of sp³-hybridized carbons (Fsp3) is 0.632. The van der Waals surface area contributed by atoms with Gasteiger partial charge in [-0.3, -0.25) is 4.79 Å². The molecule has 0 unspecified atom stereocenters. The molecule has 5 nitrogen and oxygen atoms in total. The number of hydrogen-bond donors (Lipinski definition) is 1. The van der Waals surface area contributed by atoms with Crippen LogP contribution in [0.5, 0.6) is 0 Å². The van der Waals surface area contributed by atoms with Gasteiger partial charge in [0.25, 0.3) is 0 Å². The Balaban J connectivity index is 1.47. The number of piperidine rings is 1. The first-order valence-corrected chi connectivity index (χ1v) is 10.5. The fourth-order valence-electron chi connectivity index (χ4n) is 4.50. The van der Waals surface area contributed by atoms with E-state index in [9.17, 15) is 9.90 Å². The normalized spacial score (nSPS) is 34.1. The molecule has 3 saturated heterocycles. The van der Waals surface area contributed by atoms with Gasteiger partial charge in [0.05, 0.1) is 24.6 Å². The predicted molar refractivity (Wildman–Crippen MR) is 100 cm³/mol. The highest BCUT2D eigenvalue weighted by atomic mass is 35.5. The second-order valence-electron chi connectivity index (χ2n) is 7.34. The Morgan fingerprint density at radius 1 is 1.27 bits per heavy atom. The van der Waals surface area contributed by atoms with Gasteiger partial charge in [-0.05, 0) is 30.7 Å². The third-order valence-corrected chi connectivity index (χ3v) is 7.20. The monoisotopic (exact) mass is 397 g/mol. The number of halogens is 1. The number of carbonyl (C=O) groups is 1. The minimum Gasteiger partial charge on any atom is -0.389 e. The minimum absolute atomic E-state index is 0.0246. The highest BCUT2D eigenvalue weighted by molar-refractivity contribution is 8.00. The summed E-state index contributed by atoms with van der Waals surface area (Å²) in [5.41, 5.74) is -0.774. The topological polar surface area (TPSA) is 59.0 Å². The molecule has 4 rings (SSSR count). The van der Waals surface area contributed by atoms with Gasteiger partial charge < -0.3 is 19.5 Å². The first-order valence-electron chi connectivity index (χ1n) is 9.13. The number of aliphatic hydroxyl groups is 1. The van der Waals surface area contributed by atoms with Crippen LogP contribution in [0.3, 0.4) is 0 Å². The zero-order valence-electron chi connectivity index (χ0n) is 14.6. The van der Waals surface area contributed by atoms with E-state index < -0.39 is 5.60 Å². The lowest BCUT2D eigenvalue weighted by Crippen LogP contribution is -2.69. The van der Waals surface area contributed by atoms with Crippen molar-refractivity contribution in [3.05, 3.63) is 29.3 Å². The number of amides is 1. The quantitative estimate of drug-likeness (QED) is 0.794. The third kappa shape index (κ3) is 3.50. The Hall–Kier alpha value is -0.790. The SMILES string of the molecule is O=C(CSc1ccc(Cl)cc1)N1C[C@H]2COCC[C@@]2(O)[C@@H]2COCC[C@@H]21. The van der Waals surface area contributed by atoms with E-state index in [0.717, 1.165) is 11.3 Å². The smallest absolute Gasteiger partial charge is 0.233 e. The molecule has 7 heteroatoms. The summed E-state index contributed by atoms with van der Waals surface area (Å²) < 4.78 is 11.3. The lowest BCUT2D eigenvalue weighted by atomic mass is 9.66. The van der Waals surface area contributed by atoms with E-state index in [0.29, 0.717) is 50.2 Å². The van der Waals surface area contributed by atoms with Crippen LogP contribution in [0.2, 0.25) is 5.02 Å². The molecule has 0 radical (unpaired) electrons. The summed E-state index contributed by atoms with van der Waals surface area (Å²) in [6.45, 7) is 2.82. The van der Waals surface area contributed by atoms with Crippen molar-refractivity contribution >= 4 is 29.3 Å². The molecule has 4 atom stereocenters. The summed E-state index contributed by atoms with van der Waals surface area (Å²) in [6.07, 6.45) is 1.42. The molecule has 3 aliphatic heterocycles. The minimum atomic E-state index is -0.774. The van der Waals surface area contributed by atoms with Crippen LogP contribution in [0.1, 0.15) is 12.8 Å². The Bertz CT molecular complexity index is 657. The van der Waals surface area contributed by atoms with E-state index in [-0.39, 0.29) is 23.8 Å². The molecule has 3 heterocycles. The Kier molecular flexibility index (Phi) is 5.48. The summed E-state index contributed by atoms with van der Waals surface area (Å²) in [6, 6.07) is 7.59. The van der Waals surface area contributed by atoms with Crippen LogP contribution in [0.15, 0.2) is 29.2 Å². The first-order chi connectivity index (χ1) is 12.6. The molecular weight excluding hydrogens is 374 g/mol. The standard InChI is InChI=1S/C19H24ClNO4S/c20-14-1-3-15(4-2-14)26-12-18(22)21-9-13-10-25-8-6-19(13,23)16-11-24-7-5-17(16)21/h1-4,13,16-17,23H,5-12H2/t13-,16+,17-,19-/m0/s1. The maximum absolute atomic E-state index is 13.0. The van der Waals surface area contributed by atoms with Gasteiger partial charge in [-0.15, -0.1) is 11.8 Å². The molecule has 1 N–H and O–H groups in total. The van der Waals surface area contributed by atoms with Crippen LogP contribution in [0.25, 0.3) is 0 Å². The fourth-order valence-corrected chi connectivity index (χ4v) is 5.41. The number of likely N-dealkylation sites (tertiary alicyclic amines) is 1. The lowest BCUT2D eigenvalue weighted by Gasteiger charge is -2.57. The zero-order chi connectivity index (χ0) is 18.1. The number of hydrogen-bond acceptors (Lipinski definition) is 5. The van der Waals surface area contributed by atoms with E-state index in [1.165, 1.54) is 11.8 Å². The summed E-state index contributed by atoms with van der Waals surface area (Å²) in [5.74, 6) is 0.444. The molecule has 142 valence electrons. The molecule has 0 aromatic heterocycles. The maximum atomic E-state index is 13.0. The van der Waals surface area contributed by atoms with Gasteiger partial charge in [0, 0.05) is 54.0 Å². The van der Waals surface area contributed by atoms with Gasteiger partial charge in [0.15, 0.2) is 0 Å². The molecule has 1 aromatic rings. The number of rotatable bonds is 3. The van der Waals surface area contributed by atoms with Gasteiger partial charge in [0.2, 0.25) is 5.91 Å². The van der Waals surface area contributed by atoms with Gasteiger partial charge in [-0.2, -0.15) is 0 Å². The van der Waals surface area contributed by atoms with Gasteiger partial charge in [0.1, 0.15) is 0 Å². The number of benzene rings is 1. The van der Waals surface area contributed by atoms with E-state index in [1.807, 2.05) is 29.2 Å². The lowest BCUT2D eigenvalue weighted by molar-refractivity contribution is -0.218. The maximum Gasteiger partial charge on any atom is 0.233 e. The van der Waals surface area contributed by atoms with E-state index in [4.69, 9.17) is 21.1 Å². The average molecular weight is 398 g/mol. The molecule has 0 aliphatic carbocycles.